The maximum atomic E-state index is 13.0. The molecule has 0 N–H and O–H groups in total. The van der Waals surface area contributed by atoms with Gasteiger partial charge in [-0.3, -0.25) is 4.79 Å². The number of rotatable bonds is 2. The summed E-state index contributed by atoms with van der Waals surface area (Å²) in [5.74, 6) is -1.82. The maximum Gasteiger partial charge on any atom is 0.391 e. The molecule has 19 heavy (non-hydrogen) atoms. The molecule has 0 aliphatic carbocycles. The van der Waals surface area contributed by atoms with Gasteiger partial charge in [0.15, 0.2) is 6.29 Å². The number of nitrogens with zero attached hydrogens (tertiary/aromatic N) is 1. The molecule has 0 saturated carbocycles. The molecule has 6 heteroatoms. The Morgan fingerprint density at radius 1 is 1.21 bits per heavy atom. The van der Waals surface area contributed by atoms with Gasteiger partial charge < -0.3 is 4.90 Å². The van der Waals surface area contributed by atoms with Gasteiger partial charge in [-0.1, -0.05) is 0 Å². The molecule has 0 aromatic heterocycles. The molecule has 1 aromatic rings. The minimum absolute atomic E-state index is 0.000820. The molecule has 1 saturated heterocycles. The van der Waals surface area contributed by atoms with Crippen LogP contribution in [0.25, 0.3) is 0 Å². The summed E-state index contributed by atoms with van der Waals surface area (Å²) in [6.45, 7) is 0.438. The lowest BCUT2D eigenvalue weighted by Gasteiger charge is -2.35. The normalized spacial score (nSPS) is 17.6. The number of halogens is 4. The molecule has 1 aliphatic heterocycles. The van der Waals surface area contributed by atoms with Crippen molar-refractivity contribution < 1.29 is 22.4 Å². The zero-order valence-corrected chi connectivity index (χ0v) is 10.1. The Kier molecular flexibility index (Phi) is 3.78. The van der Waals surface area contributed by atoms with Crippen molar-refractivity contribution in [2.45, 2.75) is 19.0 Å². The number of anilines is 1. The quantitative estimate of drug-likeness (QED) is 0.609. The summed E-state index contributed by atoms with van der Waals surface area (Å²) in [5.41, 5.74) is 0.669. The predicted molar refractivity (Wildman–Crippen MR) is 62.8 cm³/mol. The Bertz CT molecular complexity index is 464. The molecule has 0 atom stereocenters. The van der Waals surface area contributed by atoms with E-state index in [4.69, 9.17) is 0 Å². The van der Waals surface area contributed by atoms with Gasteiger partial charge in [0.25, 0.3) is 0 Å². The van der Waals surface area contributed by atoms with E-state index in [0.717, 1.165) is 6.07 Å². The van der Waals surface area contributed by atoms with Crippen molar-refractivity contribution in [3.63, 3.8) is 0 Å². The van der Waals surface area contributed by atoms with Crippen LogP contribution in [0.4, 0.5) is 23.2 Å². The minimum atomic E-state index is -4.16. The average molecular weight is 275 g/mol. The number of carbonyl (C=O) groups excluding carboxylic acids is 1. The van der Waals surface area contributed by atoms with Crippen molar-refractivity contribution in [2.24, 2.45) is 5.92 Å². The third kappa shape index (κ3) is 3.05. The van der Waals surface area contributed by atoms with Crippen LogP contribution in [0.3, 0.4) is 0 Å². The van der Waals surface area contributed by atoms with Crippen molar-refractivity contribution in [2.75, 3.05) is 18.0 Å². The highest BCUT2D eigenvalue weighted by molar-refractivity contribution is 5.84. The van der Waals surface area contributed by atoms with Crippen molar-refractivity contribution in [3.05, 3.63) is 29.6 Å². The van der Waals surface area contributed by atoms with E-state index in [0.29, 0.717) is 12.0 Å². The van der Waals surface area contributed by atoms with Crippen LogP contribution in [-0.2, 0) is 0 Å². The highest BCUT2D eigenvalue weighted by Crippen LogP contribution is 2.35. The van der Waals surface area contributed by atoms with Gasteiger partial charge in [0.1, 0.15) is 5.82 Å². The molecular formula is C13H13F4NO. The Balaban J connectivity index is 2.12. The van der Waals surface area contributed by atoms with Crippen LogP contribution >= 0.6 is 0 Å². The van der Waals surface area contributed by atoms with Gasteiger partial charge in [-0.2, -0.15) is 13.2 Å². The number of hydrogen-bond acceptors (Lipinski definition) is 2. The summed E-state index contributed by atoms with van der Waals surface area (Å²) in [4.78, 5) is 12.6. The minimum Gasteiger partial charge on any atom is -0.371 e. The molecule has 2 nitrogen and oxygen atoms in total. The monoisotopic (exact) mass is 275 g/mol. The molecule has 0 radical (unpaired) electrons. The van der Waals surface area contributed by atoms with Crippen LogP contribution in [0.15, 0.2) is 18.2 Å². The number of piperidine rings is 1. The third-order valence-corrected chi connectivity index (χ3v) is 3.42. The molecule has 104 valence electrons. The standard InChI is InChI=1S/C13H13F4NO/c14-11-1-2-12(9(7-11)8-19)18-5-3-10(4-6-18)13(15,16)17/h1-2,7-8,10H,3-6H2. The summed E-state index contributed by atoms with van der Waals surface area (Å²) in [5, 5.41) is 0. The number of carbonyl (C=O) groups is 1. The molecule has 0 bridgehead atoms. The first-order valence-electron chi connectivity index (χ1n) is 5.98. The summed E-state index contributed by atoms with van der Waals surface area (Å²) < 4.78 is 50.6. The van der Waals surface area contributed by atoms with Gasteiger partial charge in [-0.25, -0.2) is 4.39 Å². The van der Waals surface area contributed by atoms with E-state index >= 15 is 0 Å². The van der Waals surface area contributed by atoms with E-state index in [2.05, 4.69) is 0 Å². The van der Waals surface area contributed by atoms with Crippen molar-refractivity contribution in [3.8, 4) is 0 Å². The average Bonchev–Trinajstić information content (AvgIpc) is 2.37. The predicted octanol–water partition coefficient (Wildman–Crippen LogP) is 3.42. The topological polar surface area (TPSA) is 20.3 Å². The summed E-state index contributed by atoms with van der Waals surface area (Å²) in [7, 11) is 0. The van der Waals surface area contributed by atoms with Gasteiger partial charge in [0.05, 0.1) is 5.92 Å². The first-order valence-corrected chi connectivity index (χ1v) is 5.98. The third-order valence-electron chi connectivity index (χ3n) is 3.42. The van der Waals surface area contributed by atoms with Crippen LogP contribution in [-0.4, -0.2) is 25.6 Å². The lowest BCUT2D eigenvalue weighted by molar-refractivity contribution is -0.179. The molecule has 1 heterocycles. The van der Waals surface area contributed by atoms with E-state index in [1.54, 1.807) is 4.90 Å². The lowest BCUT2D eigenvalue weighted by Crippen LogP contribution is -2.39. The zero-order valence-electron chi connectivity index (χ0n) is 10.1. The summed E-state index contributed by atoms with van der Waals surface area (Å²) in [6.07, 6.45) is -3.64. The molecule has 1 aliphatic rings. The molecule has 0 unspecified atom stereocenters. The highest BCUT2D eigenvalue weighted by Gasteiger charge is 2.41. The first-order chi connectivity index (χ1) is 8.91. The van der Waals surface area contributed by atoms with Crippen LogP contribution in [0.1, 0.15) is 23.2 Å². The Morgan fingerprint density at radius 3 is 2.37 bits per heavy atom. The van der Waals surface area contributed by atoms with E-state index < -0.39 is 17.9 Å². The van der Waals surface area contributed by atoms with Crippen LogP contribution in [0, 0.1) is 11.7 Å². The Morgan fingerprint density at radius 2 is 1.84 bits per heavy atom. The molecular weight excluding hydrogens is 262 g/mol. The van der Waals surface area contributed by atoms with Crippen LogP contribution in [0.2, 0.25) is 0 Å². The Labute approximate surface area is 108 Å². The summed E-state index contributed by atoms with van der Waals surface area (Å²) >= 11 is 0. The second-order valence-corrected chi connectivity index (χ2v) is 4.62. The Hall–Kier alpha value is -1.59. The van der Waals surface area contributed by atoms with E-state index in [9.17, 15) is 22.4 Å². The number of benzene rings is 1. The van der Waals surface area contributed by atoms with Crippen molar-refractivity contribution in [1.29, 1.82) is 0 Å². The maximum absolute atomic E-state index is 13.0. The molecule has 1 fully saturated rings. The van der Waals surface area contributed by atoms with Crippen molar-refractivity contribution in [1.82, 2.24) is 0 Å². The fraction of sp³-hybridized carbons (Fsp3) is 0.462. The lowest BCUT2D eigenvalue weighted by atomic mass is 9.95. The second-order valence-electron chi connectivity index (χ2n) is 4.62. The fourth-order valence-electron chi connectivity index (χ4n) is 2.36. The van der Waals surface area contributed by atoms with Gasteiger partial charge in [0.2, 0.25) is 0 Å². The van der Waals surface area contributed by atoms with Gasteiger partial charge in [0, 0.05) is 24.3 Å². The van der Waals surface area contributed by atoms with Gasteiger partial charge in [-0.05, 0) is 31.0 Å². The van der Waals surface area contributed by atoms with Crippen LogP contribution in [0.5, 0.6) is 0 Å². The zero-order chi connectivity index (χ0) is 14.0. The molecule has 0 amide bonds. The van der Waals surface area contributed by atoms with Crippen molar-refractivity contribution >= 4 is 12.0 Å². The largest absolute Gasteiger partial charge is 0.391 e. The molecule has 2 rings (SSSR count). The van der Waals surface area contributed by atoms with Crippen LogP contribution < -0.4 is 4.90 Å². The fourth-order valence-corrected chi connectivity index (χ4v) is 2.36. The number of hydrogen-bond donors (Lipinski definition) is 0. The molecule has 0 spiro atoms. The van der Waals surface area contributed by atoms with E-state index in [1.165, 1.54) is 12.1 Å². The highest BCUT2D eigenvalue weighted by atomic mass is 19.4. The van der Waals surface area contributed by atoms with Gasteiger partial charge in [-0.15, -0.1) is 0 Å². The smallest absolute Gasteiger partial charge is 0.371 e. The van der Waals surface area contributed by atoms with Gasteiger partial charge >= 0.3 is 6.18 Å². The number of aldehydes is 1. The SMILES string of the molecule is O=Cc1cc(F)ccc1N1CCC(C(F)(F)F)CC1. The van der Waals surface area contributed by atoms with E-state index in [1.807, 2.05) is 0 Å². The second kappa shape index (κ2) is 5.19. The number of alkyl halides is 3. The summed E-state index contributed by atoms with van der Waals surface area (Å²) in [6, 6.07) is 3.74. The first kappa shape index (κ1) is 13.8. The molecule has 1 aromatic carbocycles. The van der Waals surface area contributed by atoms with E-state index in [-0.39, 0.29) is 31.5 Å².